The van der Waals surface area contributed by atoms with E-state index in [2.05, 4.69) is 19.6 Å². The summed E-state index contributed by atoms with van der Waals surface area (Å²) in [6.07, 6.45) is 3.20. The quantitative estimate of drug-likeness (QED) is 0.673. The summed E-state index contributed by atoms with van der Waals surface area (Å²) in [5.41, 5.74) is 1.23. The van der Waals surface area contributed by atoms with Gasteiger partial charge in [0, 0.05) is 45.6 Å². The van der Waals surface area contributed by atoms with E-state index < -0.39 is 10.0 Å². The molecule has 0 aromatic carbocycles. The minimum absolute atomic E-state index is 0.0847. The molecule has 1 saturated heterocycles. The Bertz CT molecular complexity index is 1100. The van der Waals surface area contributed by atoms with Gasteiger partial charge in [0.25, 0.3) is 5.91 Å². The summed E-state index contributed by atoms with van der Waals surface area (Å²) in [6.45, 7) is 2.41. The molecule has 0 aliphatic carbocycles. The number of sulfonamides is 1. The van der Waals surface area contributed by atoms with Crippen LogP contribution in [0.2, 0.25) is 0 Å². The fourth-order valence-electron chi connectivity index (χ4n) is 3.17. The van der Waals surface area contributed by atoms with E-state index in [9.17, 15) is 13.2 Å². The number of aromatic nitrogens is 3. The van der Waals surface area contributed by atoms with Crippen LogP contribution in [0.15, 0.2) is 35.5 Å². The third-order valence-corrected chi connectivity index (χ3v) is 7.19. The van der Waals surface area contributed by atoms with Crippen molar-refractivity contribution in [3.05, 3.63) is 36.3 Å². The molecule has 4 heterocycles. The lowest BCUT2D eigenvalue weighted by Crippen LogP contribution is -2.49. The molecule has 9 nitrogen and oxygen atoms in total. The number of aryl methyl sites for hydroxylation is 1. The normalized spacial score (nSPS) is 15.4. The lowest BCUT2D eigenvalue weighted by atomic mass is 10.3. The number of thiazole rings is 1. The number of hydrogen-bond acceptors (Lipinski definition) is 7. The first-order valence-corrected chi connectivity index (χ1v) is 11.0. The molecular formula is C17H20N6O3S2. The van der Waals surface area contributed by atoms with Gasteiger partial charge in [0.1, 0.15) is 20.9 Å². The van der Waals surface area contributed by atoms with E-state index in [1.54, 1.807) is 34.0 Å². The van der Waals surface area contributed by atoms with E-state index >= 15 is 0 Å². The maximum atomic E-state index is 12.9. The molecule has 0 saturated carbocycles. The van der Waals surface area contributed by atoms with Crippen LogP contribution in [0.25, 0.3) is 10.3 Å². The maximum absolute atomic E-state index is 12.9. The first kappa shape index (κ1) is 18.8. The first-order chi connectivity index (χ1) is 13.4. The van der Waals surface area contributed by atoms with Crippen LogP contribution >= 0.6 is 11.3 Å². The van der Waals surface area contributed by atoms with Crippen molar-refractivity contribution in [2.75, 3.05) is 38.1 Å². The van der Waals surface area contributed by atoms with Crippen molar-refractivity contribution in [1.82, 2.24) is 24.2 Å². The second kappa shape index (κ2) is 7.15. The lowest BCUT2D eigenvalue weighted by molar-refractivity contribution is 0.0737. The molecule has 1 fully saturated rings. The highest BCUT2D eigenvalue weighted by molar-refractivity contribution is 7.89. The zero-order chi connectivity index (χ0) is 19.9. The highest BCUT2D eigenvalue weighted by atomic mass is 32.2. The fraction of sp³-hybridized carbons (Fsp3) is 0.353. The van der Waals surface area contributed by atoms with Gasteiger partial charge in [0.2, 0.25) is 10.0 Å². The van der Waals surface area contributed by atoms with Crippen LogP contribution in [0.4, 0.5) is 5.13 Å². The van der Waals surface area contributed by atoms with Gasteiger partial charge in [-0.25, -0.2) is 23.1 Å². The third kappa shape index (κ3) is 3.36. The number of carbonyl (C=O) groups excluding carboxylic acids is 1. The standard InChI is InChI=1S/C17H20N6O3S2/c1-18-28(25,26)12-10-14(21(2)11-12)16(24)22-6-8-23(9-7-22)17-20-13-4-3-5-19-15(13)27-17/h3-5,10-11,18H,6-9H2,1-2H3. The summed E-state index contributed by atoms with van der Waals surface area (Å²) < 4.78 is 27.8. The number of carbonyl (C=O) groups is 1. The van der Waals surface area contributed by atoms with Crippen molar-refractivity contribution in [1.29, 1.82) is 0 Å². The van der Waals surface area contributed by atoms with Gasteiger partial charge in [-0.15, -0.1) is 0 Å². The minimum atomic E-state index is -3.58. The summed E-state index contributed by atoms with van der Waals surface area (Å²) in [5.74, 6) is -0.175. The van der Waals surface area contributed by atoms with Gasteiger partial charge in [-0.2, -0.15) is 0 Å². The van der Waals surface area contributed by atoms with Crippen LogP contribution in [-0.2, 0) is 17.1 Å². The van der Waals surface area contributed by atoms with Crippen LogP contribution in [0.1, 0.15) is 10.5 Å². The van der Waals surface area contributed by atoms with Gasteiger partial charge in [-0.3, -0.25) is 4.79 Å². The number of anilines is 1. The van der Waals surface area contributed by atoms with Gasteiger partial charge < -0.3 is 14.4 Å². The monoisotopic (exact) mass is 420 g/mol. The SMILES string of the molecule is CNS(=O)(=O)c1cc(C(=O)N2CCN(c3nc4cccnc4s3)CC2)n(C)c1. The molecule has 0 bridgehead atoms. The zero-order valence-corrected chi connectivity index (χ0v) is 17.1. The van der Waals surface area contributed by atoms with Crippen LogP contribution in [-0.4, -0.2) is 67.0 Å². The van der Waals surface area contributed by atoms with E-state index in [-0.39, 0.29) is 10.8 Å². The Labute approximate surface area is 166 Å². The molecule has 3 aromatic heterocycles. The predicted molar refractivity (Wildman–Crippen MR) is 107 cm³/mol. The lowest BCUT2D eigenvalue weighted by Gasteiger charge is -2.34. The Morgan fingerprint density at radius 3 is 2.68 bits per heavy atom. The molecule has 0 radical (unpaired) electrons. The van der Waals surface area contributed by atoms with Gasteiger partial charge in [-0.05, 0) is 25.2 Å². The van der Waals surface area contributed by atoms with Gasteiger partial charge in [-0.1, -0.05) is 11.3 Å². The Morgan fingerprint density at radius 1 is 1.25 bits per heavy atom. The molecule has 11 heteroatoms. The average Bonchev–Trinajstić information content (AvgIpc) is 3.31. The smallest absolute Gasteiger partial charge is 0.270 e. The summed E-state index contributed by atoms with van der Waals surface area (Å²) in [5, 5.41) is 0.905. The van der Waals surface area contributed by atoms with Crippen molar-refractivity contribution in [3.63, 3.8) is 0 Å². The van der Waals surface area contributed by atoms with E-state index in [1.807, 2.05) is 12.1 Å². The summed E-state index contributed by atoms with van der Waals surface area (Å²) >= 11 is 1.54. The summed E-state index contributed by atoms with van der Waals surface area (Å²) in [4.78, 5) is 26.7. The van der Waals surface area contributed by atoms with Crippen molar-refractivity contribution in [2.45, 2.75) is 4.90 Å². The number of fused-ring (bicyclic) bond motifs is 1. The molecule has 1 aliphatic heterocycles. The molecular weight excluding hydrogens is 400 g/mol. The highest BCUT2D eigenvalue weighted by Crippen LogP contribution is 2.28. The number of nitrogens with one attached hydrogen (secondary N) is 1. The van der Waals surface area contributed by atoms with Crippen molar-refractivity contribution >= 4 is 42.7 Å². The third-order valence-electron chi connectivity index (χ3n) is 4.77. The fourth-order valence-corrected chi connectivity index (χ4v) is 4.93. The summed E-state index contributed by atoms with van der Waals surface area (Å²) in [6, 6.07) is 5.22. The van der Waals surface area contributed by atoms with Crippen LogP contribution in [0, 0.1) is 0 Å². The van der Waals surface area contributed by atoms with Crippen LogP contribution in [0.3, 0.4) is 0 Å². The van der Waals surface area contributed by atoms with Crippen molar-refractivity contribution in [2.24, 2.45) is 7.05 Å². The molecule has 3 aromatic rings. The topological polar surface area (TPSA) is 100 Å². The second-order valence-corrected chi connectivity index (χ2v) is 9.33. The molecule has 0 atom stereocenters. The number of pyridine rings is 1. The predicted octanol–water partition coefficient (Wildman–Crippen LogP) is 0.900. The number of nitrogens with zero attached hydrogens (tertiary/aromatic N) is 5. The van der Waals surface area contributed by atoms with Gasteiger partial charge in [0.05, 0.1) is 0 Å². The molecule has 0 unspecified atom stereocenters. The second-order valence-electron chi connectivity index (χ2n) is 6.48. The van der Waals surface area contributed by atoms with Gasteiger partial charge in [0.15, 0.2) is 5.13 Å². The van der Waals surface area contributed by atoms with E-state index in [4.69, 9.17) is 0 Å². The molecule has 1 aliphatic rings. The maximum Gasteiger partial charge on any atom is 0.270 e. The van der Waals surface area contributed by atoms with E-state index in [0.29, 0.717) is 31.9 Å². The van der Waals surface area contributed by atoms with Crippen molar-refractivity contribution < 1.29 is 13.2 Å². The Kier molecular flexibility index (Phi) is 4.81. The molecule has 0 spiro atoms. The largest absolute Gasteiger partial charge is 0.345 e. The zero-order valence-electron chi connectivity index (χ0n) is 15.5. The Hall–Kier alpha value is -2.50. The van der Waals surface area contributed by atoms with E-state index in [0.717, 1.165) is 15.5 Å². The van der Waals surface area contributed by atoms with Gasteiger partial charge >= 0.3 is 0 Å². The summed E-state index contributed by atoms with van der Waals surface area (Å²) in [7, 11) is -0.564. The molecule has 28 heavy (non-hydrogen) atoms. The number of piperazine rings is 1. The van der Waals surface area contributed by atoms with Crippen molar-refractivity contribution in [3.8, 4) is 0 Å². The molecule has 1 amide bonds. The average molecular weight is 421 g/mol. The minimum Gasteiger partial charge on any atom is -0.345 e. The van der Waals surface area contributed by atoms with E-state index in [1.165, 1.54) is 19.3 Å². The van der Waals surface area contributed by atoms with Crippen LogP contribution < -0.4 is 9.62 Å². The Morgan fingerprint density at radius 2 is 2.00 bits per heavy atom. The first-order valence-electron chi connectivity index (χ1n) is 8.75. The van der Waals surface area contributed by atoms with Crippen LogP contribution in [0.5, 0.6) is 0 Å². The molecule has 4 rings (SSSR count). The number of rotatable bonds is 4. The highest BCUT2D eigenvalue weighted by Gasteiger charge is 2.27. The number of amides is 1. The molecule has 1 N–H and O–H groups in total. The number of hydrogen-bond donors (Lipinski definition) is 1. The molecule has 148 valence electrons. The Balaban J connectivity index is 1.47.